The molecule has 27 heavy (non-hydrogen) atoms. The van der Waals surface area contributed by atoms with Crippen LogP contribution in [-0.2, 0) is 13.1 Å². The topological polar surface area (TPSA) is 64.9 Å². The maximum absolute atomic E-state index is 5.84. The summed E-state index contributed by atoms with van der Waals surface area (Å²) in [5.74, 6) is 0.689. The van der Waals surface area contributed by atoms with E-state index in [2.05, 4.69) is 33.0 Å². The molecule has 0 saturated heterocycles. The summed E-state index contributed by atoms with van der Waals surface area (Å²) in [7, 11) is 0. The van der Waals surface area contributed by atoms with Crippen molar-refractivity contribution < 1.29 is 4.74 Å². The van der Waals surface area contributed by atoms with Gasteiger partial charge in [-0.15, -0.1) is 0 Å². The van der Waals surface area contributed by atoms with E-state index in [0.29, 0.717) is 11.8 Å². The first kappa shape index (κ1) is 16.9. The van der Waals surface area contributed by atoms with Gasteiger partial charge in [-0.2, -0.15) is 4.68 Å². The molecule has 0 saturated carbocycles. The van der Waals surface area contributed by atoms with Gasteiger partial charge < -0.3 is 10.1 Å². The normalized spacial score (nSPS) is 10.7. The lowest BCUT2D eigenvalue weighted by molar-refractivity contribution is 0.427. The first-order valence-electron chi connectivity index (χ1n) is 8.74. The van der Waals surface area contributed by atoms with Crippen LogP contribution in [0.25, 0.3) is 5.69 Å². The number of para-hydroxylation sites is 1. The maximum Gasteiger partial charge on any atom is 0.345 e. The maximum atomic E-state index is 5.84. The Kier molecular flexibility index (Phi) is 5.17. The average molecular weight is 357 g/mol. The molecule has 6 heteroatoms. The lowest BCUT2D eigenvalue weighted by atomic mass is 10.2. The van der Waals surface area contributed by atoms with E-state index in [9.17, 15) is 0 Å². The van der Waals surface area contributed by atoms with Gasteiger partial charge >= 0.3 is 6.01 Å². The molecule has 0 bridgehead atoms. The molecule has 0 radical (unpaired) electrons. The minimum absolute atomic E-state index is 0.330. The fourth-order valence-electron chi connectivity index (χ4n) is 2.70. The first-order chi connectivity index (χ1) is 13.4. The highest BCUT2D eigenvalue weighted by Gasteiger charge is 2.10. The molecule has 4 rings (SSSR count). The summed E-state index contributed by atoms with van der Waals surface area (Å²) < 4.78 is 7.40. The molecule has 0 aliphatic heterocycles. The van der Waals surface area contributed by atoms with Gasteiger partial charge in [0, 0.05) is 13.1 Å². The standard InChI is InChI=1S/C21H19N5O/c1-3-7-17(8-4-1)15-22-16-18-11-13-20(14-12-18)27-21-23-24-25-26(21)19-9-5-2-6-10-19/h1-14,22H,15-16H2. The van der Waals surface area contributed by atoms with Crippen molar-refractivity contribution in [2.45, 2.75) is 13.1 Å². The summed E-state index contributed by atoms with van der Waals surface area (Å²) in [6.45, 7) is 1.63. The molecular formula is C21H19N5O. The number of nitrogens with one attached hydrogen (secondary N) is 1. The summed E-state index contributed by atoms with van der Waals surface area (Å²) >= 11 is 0. The molecule has 1 N–H and O–H groups in total. The van der Waals surface area contributed by atoms with Crippen molar-refractivity contribution in [2.75, 3.05) is 0 Å². The molecule has 0 aliphatic carbocycles. The number of hydrogen-bond acceptors (Lipinski definition) is 5. The Morgan fingerprint density at radius 3 is 2.07 bits per heavy atom. The van der Waals surface area contributed by atoms with Crippen LogP contribution in [0.1, 0.15) is 11.1 Å². The Hall–Kier alpha value is -3.51. The molecule has 0 fully saturated rings. The number of benzene rings is 3. The van der Waals surface area contributed by atoms with Crippen LogP contribution in [0, 0.1) is 0 Å². The third-order valence-corrected chi connectivity index (χ3v) is 4.08. The molecule has 3 aromatic carbocycles. The van der Waals surface area contributed by atoms with E-state index in [4.69, 9.17) is 4.74 Å². The number of hydrogen-bond donors (Lipinski definition) is 1. The van der Waals surface area contributed by atoms with Gasteiger partial charge in [-0.05, 0) is 45.8 Å². The van der Waals surface area contributed by atoms with Crippen molar-refractivity contribution in [3.05, 3.63) is 96.1 Å². The molecule has 6 nitrogen and oxygen atoms in total. The van der Waals surface area contributed by atoms with Crippen LogP contribution in [0.3, 0.4) is 0 Å². The van der Waals surface area contributed by atoms with E-state index in [-0.39, 0.29) is 0 Å². The molecule has 0 amide bonds. The number of tetrazole rings is 1. The zero-order valence-electron chi connectivity index (χ0n) is 14.7. The van der Waals surface area contributed by atoms with E-state index in [1.54, 1.807) is 4.68 Å². The monoisotopic (exact) mass is 357 g/mol. The van der Waals surface area contributed by atoms with Gasteiger partial charge in [0.15, 0.2) is 0 Å². The van der Waals surface area contributed by atoms with Gasteiger partial charge in [0.25, 0.3) is 0 Å². The van der Waals surface area contributed by atoms with Crippen LogP contribution in [0.15, 0.2) is 84.9 Å². The van der Waals surface area contributed by atoms with Crippen LogP contribution in [-0.4, -0.2) is 20.2 Å². The van der Waals surface area contributed by atoms with Crippen LogP contribution in [0.4, 0.5) is 0 Å². The highest BCUT2D eigenvalue weighted by Crippen LogP contribution is 2.21. The van der Waals surface area contributed by atoms with Crippen molar-refractivity contribution in [1.82, 2.24) is 25.5 Å². The summed E-state index contributed by atoms with van der Waals surface area (Å²) in [5, 5.41) is 15.1. The smallest absolute Gasteiger partial charge is 0.345 e. The number of nitrogens with zero attached hydrogens (tertiary/aromatic N) is 4. The Bertz CT molecular complexity index is 968. The molecule has 0 aliphatic rings. The van der Waals surface area contributed by atoms with Crippen molar-refractivity contribution >= 4 is 0 Å². The molecule has 134 valence electrons. The first-order valence-corrected chi connectivity index (χ1v) is 8.74. The zero-order chi connectivity index (χ0) is 18.3. The summed E-state index contributed by atoms with van der Waals surface area (Å²) in [4.78, 5) is 0. The van der Waals surface area contributed by atoms with Gasteiger partial charge in [0.05, 0.1) is 5.69 Å². The second-order valence-electron chi connectivity index (χ2n) is 6.04. The SMILES string of the molecule is c1ccc(CNCc2ccc(Oc3nnnn3-c3ccccc3)cc2)cc1. The average Bonchev–Trinajstić information content (AvgIpc) is 3.19. The van der Waals surface area contributed by atoms with Crippen molar-refractivity contribution in [2.24, 2.45) is 0 Å². The molecule has 1 heterocycles. The van der Waals surface area contributed by atoms with Crippen molar-refractivity contribution in [3.63, 3.8) is 0 Å². The summed E-state index contributed by atoms with van der Waals surface area (Å²) in [5.41, 5.74) is 3.30. The Morgan fingerprint density at radius 1 is 0.741 bits per heavy atom. The third-order valence-electron chi connectivity index (χ3n) is 4.08. The Labute approximate surface area is 157 Å². The minimum Gasteiger partial charge on any atom is -0.423 e. The zero-order valence-corrected chi connectivity index (χ0v) is 14.7. The van der Waals surface area contributed by atoms with E-state index < -0.39 is 0 Å². The van der Waals surface area contributed by atoms with Crippen LogP contribution < -0.4 is 10.1 Å². The van der Waals surface area contributed by atoms with Crippen LogP contribution in [0.2, 0.25) is 0 Å². The predicted molar refractivity (Wildman–Crippen MR) is 103 cm³/mol. The van der Waals surface area contributed by atoms with Gasteiger partial charge in [0.1, 0.15) is 5.75 Å². The predicted octanol–water partition coefficient (Wildman–Crippen LogP) is 3.74. The van der Waals surface area contributed by atoms with E-state index >= 15 is 0 Å². The van der Waals surface area contributed by atoms with Gasteiger partial charge in [0.2, 0.25) is 0 Å². The lowest BCUT2D eigenvalue weighted by Gasteiger charge is -2.08. The highest BCUT2D eigenvalue weighted by molar-refractivity contribution is 5.34. The lowest BCUT2D eigenvalue weighted by Crippen LogP contribution is -2.12. The Balaban J connectivity index is 1.37. The summed E-state index contributed by atoms with van der Waals surface area (Å²) in [6.07, 6.45) is 0. The number of rotatable bonds is 7. The molecule has 0 spiro atoms. The minimum atomic E-state index is 0.330. The molecule has 4 aromatic rings. The fraction of sp³-hybridized carbons (Fsp3) is 0.0952. The molecular weight excluding hydrogens is 338 g/mol. The van der Waals surface area contributed by atoms with Gasteiger partial charge in [-0.25, -0.2) is 0 Å². The quantitative estimate of drug-likeness (QED) is 0.546. The second-order valence-corrected chi connectivity index (χ2v) is 6.04. The van der Waals surface area contributed by atoms with E-state index in [1.165, 1.54) is 11.1 Å². The van der Waals surface area contributed by atoms with E-state index in [0.717, 1.165) is 18.8 Å². The summed E-state index contributed by atoms with van der Waals surface area (Å²) in [6, 6.07) is 28.2. The van der Waals surface area contributed by atoms with Crippen molar-refractivity contribution in [3.8, 4) is 17.4 Å². The van der Waals surface area contributed by atoms with E-state index in [1.807, 2.05) is 72.8 Å². The van der Waals surface area contributed by atoms with Crippen LogP contribution >= 0.6 is 0 Å². The Morgan fingerprint density at radius 2 is 1.37 bits per heavy atom. The largest absolute Gasteiger partial charge is 0.423 e. The van der Waals surface area contributed by atoms with Gasteiger partial charge in [-0.3, -0.25) is 0 Å². The van der Waals surface area contributed by atoms with Crippen molar-refractivity contribution in [1.29, 1.82) is 0 Å². The highest BCUT2D eigenvalue weighted by atomic mass is 16.5. The second kappa shape index (κ2) is 8.25. The van der Waals surface area contributed by atoms with Crippen LogP contribution in [0.5, 0.6) is 11.8 Å². The molecule has 0 unspecified atom stereocenters. The fourth-order valence-corrected chi connectivity index (χ4v) is 2.70. The molecule has 1 aromatic heterocycles. The number of ether oxygens (including phenoxy) is 1. The molecule has 0 atom stereocenters. The van der Waals surface area contributed by atoms with Gasteiger partial charge in [-0.1, -0.05) is 65.8 Å². The number of aromatic nitrogens is 4. The third kappa shape index (κ3) is 4.37.